The number of likely N-dealkylation sites (N-methyl/N-ethyl adjacent to an activating group) is 1. The first-order valence-electron chi connectivity index (χ1n) is 2.85. The summed E-state index contributed by atoms with van der Waals surface area (Å²) >= 11 is 4.24. The Kier molecular flexibility index (Phi) is 1.97. The highest BCUT2D eigenvalue weighted by atomic mass is 32.1. The third kappa shape index (κ3) is 1.53. The zero-order valence-electron chi connectivity index (χ0n) is 5.09. The molecular formula is C6H11NS. The third-order valence-electron chi connectivity index (χ3n) is 1.32. The van der Waals surface area contributed by atoms with E-state index in [0.717, 1.165) is 13.0 Å². The highest BCUT2D eigenvalue weighted by Crippen LogP contribution is 2.09. The second-order valence-electron chi connectivity index (χ2n) is 2.22. The number of hydrogen-bond acceptors (Lipinski definition) is 2. The van der Waals surface area contributed by atoms with Crippen molar-refractivity contribution in [3.63, 3.8) is 0 Å². The van der Waals surface area contributed by atoms with Crippen molar-refractivity contribution in [2.24, 2.45) is 0 Å². The van der Waals surface area contributed by atoms with Crippen molar-refractivity contribution in [2.45, 2.75) is 6.42 Å². The monoisotopic (exact) mass is 129 g/mol. The largest absolute Gasteiger partial charge is 0.301 e. The van der Waals surface area contributed by atoms with Gasteiger partial charge in [-0.2, -0.15) is 0 Å². The van der Waals surface area contributed by atoms with Gasteiger partial charge in [0.15, 0.2) is 0 Å². The van der Waals surface area contributed by atoms with Gasteiger partial charge < -0.3 is 4.90 Å². The zero-order chi connectivity index (χ0) is 5.98. The Hall–Kier alpha value is 0.0500. The molecule has 0 aromatic heterocycles. The fraction of sp³-hybridized carbons (Fsp3) is 0.667. The smallest absolute Gasteiger partial charge is 0.0284 e. The molecule has 1 rings (SSSR count). The molecule has 1 aliphatic rings. The van der Waals surface area contributed by atoms with Gasteiger partial charge in [0.1, 0.15) is 0 Å². The summed E-state index contributed by atoms with van der Waals surface area (Å²) in [7, 11) is 2.11. The molecule has 0 aromatic rings. The van der Waals surface area contributed by atoms with Crippen molar-refractivity contribution in [3.05, 3.63) is 11.0 Å². The van der Waals surface area contributed by atoms with Crippen molar-refractivity contribution in [1.82, 2.24) is 4.90 Å². The summed E-state index contributed by atoms with van der Waals surface area (Å²) in [6.45, 7) is 2.22. The molecule has 0 N–H and O–H groups in total. The van der Waals surface area contributed by atoms with Gasteiger partial charge in [-0.15, -0.1) is 12.6 Å². The van der Waals surface area contributed by atoms with E-state index in [1.807, 2.05) is 0 Å². The zero-order valence-corrected chi connectivity index (χ0v) is 5.99. The molecule has 0 atom stereocenters. The Bertz CT molecular complexity index is 109. The summed E-state index contributed by atoms with van der Waals surface area (Å²) in [5.74, 6) is 0. The fourth-order valence-corrected chi connectivity index (χ4v) is 1.24. The van der Waals surface area contributed by atoms with Gasteiger partial charge in [0.25, 0.3) is 0 Å². The van der Waals surface area contributed by atoms with Gasteiger partial charge in [-0.25, -0.2) is 0 Å². The summed E-state index contributed by atoms with van der Waals surface area (Å²) in [5, 5.41) is 0. The molecule has 2 heteroatoms. The molecule has 0 bridgehead atoms. The molecule has 0 spiro atoms. The summed E-state index contributed by atoms with van der Waals surface area (Å²) in [5.41, 5.74) is 0. The molecule has 8 heavy (non-hydrogen) atoms. The molecule has 0 unspecified atom stereocenters. The van der Waals surface area contributed by atoms with Gasteiger partial charge in [0, 0.05) is 13.1 Å². The average molecular weight is 129 g/mol. The predicted molar refractivity (Wildman–Crippen MR) is 39.2 cm³/mol. The van der Waals surface area contributed by atoms with Crippen LogP contribution in [0.3, 0.4) is 0 Å². The Morgan fingerprint density at radius 1 is 1.75 bits per heavy atom. The molecule has 46 valence electrons. The van der Waals surface area contributed by atoms with E-state index in [9.17, 15) is 0 Å². The second kappa shape index (κ2) is 2.55. The van der Waals surface area contributed by atoms with Crippen LogP contribution in [0.25, 0.3) is 0 Å². The molecule has 0 fully saturated rings. The van der Waals surface area contributed by atoms with Gasteiger partial charge in [-0.1, -0.05) is 6.08 Å². The van der Waals surface area contributed by atoms with E-state index in [1.54, 1.807) is 0 Å². The van der Waals surface area contributed by atoms with E-state index in [2.05, 4.69) is 30.7 Å². The molecule has 1 aliphatic heterocycles. The van der Waals surface area contributed by atoms with Crippen LogP contribution in [0.5, 0.6) is 0 Å². The molecule has 0 aromatic carbocycles. The van der Waals surface area contributed by atoms with E-state index >= 15 is 0 Å². The van der Waals surface area contributed by atoms with Gasteiger partial charge in [-0.3, -0.25) is 0 Å². The highest BCUT2D eigenvalue weighted by molar-refractivity contribution is 7.84. The van der Waals surface area contributed by atoms with E-state index in [1.165, 1.54) is 11.4 Å². The Labute approximate surface area is 55.8 Å². The summed E-state index contributed by atoms with van der Waals surface area (Å²) in [4.78, 5) is 3.47. The molecular weight excluding hydrogens is 118 g/mol. The number of thiol groups is 1. The van der Waals surface area contributed by atoms with Gasteiger partial charge in [0.2, 0.25) is 0 Å². The van der Waals surface area contributed by atoms with E-state index in [-0.39, 0.29) is 0 Å². The minimum atomic E-state index is 1.03. The molecule has 0 saturated carbocycles. The first-order valence-corrected chi connectivity index (χ1v) is 3.30. The lowest BCUT2D eigenvalue weighted by atomic mass is 10.3. The molecule has 0 amide bonds. The fourth-order valence-electron chi connectivity index (χ4n) is 0.872. The van der Waals surface area contributed by atoms with Gasteiger partial charge >= 0.3 is 0 Å². The maximum atomic E-state index is 4.24. The number of hydrogen-bond donors (Lipinski definition) is 1. The SMILES string of the molecule is CN1CCC=C(S)C1. The van der Waals surface area contributed by atoms with Crippen molar-refractivity contribution >= 4 is 12.6 Å². The number of rotatable bonds is 0. The first kappa shape index (κ1) is 6.17. The van der Waals surface area contributed by atoms with Crippen LogP contribution in [0.2, 0.25) is 0 Å². The highest BCUT2D eigenvalue weighted by Gasteiger charge is 2.02. The molecule has 0 saturated heterocycles. The van der Waals surface area contributed by atoms with Gasteiger partial charge in [0.05, 0.1) is 0 Å². The Morgan fingerprint density at radius 2 is 2.50 bits per heavy atom. The predicted octanol–water partition coefficient (Wildman–Crippen LogP) is 1.14. The average Bonchev–Trinajstić information content (AvgIpc) is 1.64. The van der Waals surface area contributed by atoms with Crippen molar-refractivity contribution in [1.29, 1.82) is 0 Å². The Morgan fingerprint density at radius 3 is 2.88 bits per heavy atom. The minimum Gasteiger partial charge on any atom is -0.301 e. The van der Waals surface area contributed by atoms with Crippen molar-refractivity contribution in [2.75, 3.05) is 20.1 Å². The van der Waals surface area contributed by atoms with E-state index in [0.29, 0.717) is 0 Å². The molecule has 1 nitrogen and oxygen atoms in total. The topological polar surface area (TPSA) is 3.24 Å². The summed E-state index contributed by atoms with van der Waals surface area (Å²) in [6.07, 6.45) is 3.35. The standard InChI is InChI=1S/C6H11NS/c1-7-4-2-3-6(8)5-7/h3,8H,2,4-5H2,1H3. The van der Waals surface area contributed by atoms with Crippen LogP contribution in [0.1, 0.15) is 6.42 Å². The lowest BCUT2D eigenvalue weighted by molar-refractivity contribution is 0.363. The van der Waals surface area contributed by atoms with Crippen LogP contribution in [0, 0.1) is 0 Å². The van der Waals surface area contributed by atoms with E-state index < -0.39 is 0 Å². The normalized spacial score (nSPS) is 23.0. The van der Waals surface area contributed by atoms with Crippen LogP contribution in [0.15, 0.2) is 11.0 Å². The quantitative estimate of drug-likeness (QED) is 0.480. The van der Waals surface area contributed by atoms with Crippen LogP contribution < -0.4 is 0 Å². The molecule has 1 heterocycles. The molecule has 0 aliphatic carbocycles. The summed E-state index contributed by atoms with van der Waals surface area (Å²) < 4.78 is 0. The van der Waals surface area contributed by atoms with Crippen LogP contribution in [0.4, 0.5) is 0 Å². The lowest BCUT2D eigenvalue weighted by Crippen LogP contribution is -2.23. The Balaban J connectivity index is 2.45. The van der Waals surface area contributed by atoms with Crippen molar-refractivity contribution in [3.8, 4) is 0 Å². The third-order valence-corrected chi connectivity index (χ3v) is 1.65. The van der Waals surface area contributed by atoms with Crippen LogP contribution in [-0.2, 0) is 0 Å². The lowest BCUT2D eigenvalue weighted by Gasteiger charge is -2.19. The van der Waals surface area contributed by atoms with Crippen LogP contribution in [-0.4, -0.2) is 25.0 Å². The maximum absolute atomic E-state index is 4.24. The van der Waals surface area contributed by atoms with Crippen LogP contribution >= 0.6 is 12.6 Å². The first-order chi connectivity index (χ1) is 3.79. The number of nitrogens with zero attached hydrogens (tertiary/aromatic N) is 1. The van der Waals surface area contributed by atoms with Gasteiger partial charge in [-0.05, 0) is 18.4 Å². The second-order valence-corrected chi connectivity index (χ2v) is 2.80. The molecule has 0 radical (unpaired) electrons. The summed E-state index contributed by atoms with van der Waals surface area (Å²) in [6, 6.07) is 0. The van der Waals surface area contributed by atoms with E-state index in [4.69, 9.17) is 0 Å². The maximum Gasteiger partial charge on any atom is 0.0284 e. The van der Waals surface area contributed by atoms with Crippen molar-refractivity contribution < 1.29 is 0 Å². The minimum absolute atomic E-state index is 1.03.